The molecule has 0 spiro atoms. The van der Waals surface area contributed by atoms with E-state index in [1.165, 1.54) is 5.56 Å². The number of rotatable bonds is 3. The van der Waals surface area contributed by atoms with Crippen molar-refractivity contribution in [3.05, 3.63) is 58.7 Å². The number of aryl methyl sites for hydroxylation is 1. The second-order valence-electron chi connectivity index (χ2n) is 4.14. The molecule has 0 bridgehead atoms. The van der Waals surface area contributed by atoms with Crippen LogP contribution in [0.1, 0.15) is 24.1 Å². The summed E-state index contributed by atoms with van der Waals surface area (Å²) >= 11 is 5.97. The molecule has 88 valence electrons. The van der Waals surface area contributed by atoms with E-state index in [1.807, 2.05) is 36.5 Å². The summed E-state index contributed by atoms with van der Waals surface area (Å²) in [5, 5.41) is 4.11. The molecule has 2 nitrogen and oxygen atoms in total. The van der Waals surface area contributed by atoms with Crippen LogP contribution in [0.25, 0.3) is 0 Å². The van der Waals surface area contributed by atoms with Gasteiger partial charge < -0.3 is 5.32 Å². The van der Waals surface area contributed by atoms with E-state index in [0.29, 0.717) is 0 Å². The molecule has 1 aromatic heterocycles. The van der Waals surface area contributed by atoms with Crippen molar-refractivity contribution < 1.29 is 0 Å². The first kappa shape index (κ1) is 11.9. The Morgan fingerprint density at radius 2 is 2.06 bits per heavy atom. The third kappa shape index (κ3) is 3.21. The average molecular weight is 247 g/mol. The van der Waals surface area contributed by atoms with Crippen LogP contribution < -0.4 is 5.32 Å². The van der Waals surface area contributed by atoms with Gasteiger partial charge >= 0.3 is 0 Å². The number of halogens is 1. The SMILES string of the molecule is Cc1ccnc(NC(C)c2cccc(Cl)c2)c1. The maximum absolute atomic E-state index is 5.97. The van der Waals surface area contributed by atoms with Gasteiger partial charge in [-0.2, -0.15) is 0 Å². The molecule has 0 saturated heterocycles. The number of benzene rings is 1. The van der Waals surface area contributed by atoms with Gasteiger partial charge in [0.1, 0.15) is 5.82 Å². The minimum Gasteiger partial charge on any atom is -0.364 e. The molecule has 2 aromatic rings. The van der Waals surface area contributed by atoms with Crippen LogP contribution in [-0.2, 0) is 0 Å². The summed E-state index contributed by atoms with van der Waals surface area (Å²) in [6.45, 7) is 4.15. The smallest absolute Gasteiger partial charge is 0.126 e. The maximum atomic E-state index is 5.97. The van der Waals surface area contributed by atoms with E-state index >= 15 is 0 Å². The van der Waals surface area contributed by atoms with Gasteiger partial charge in [0.15, 0.2) is 0 Å². The fraction of sp³-hybridized carbons (Fsp3) is 0.214. The number of pyridine rings is 1. The van der Waals surface area contributed by atoms with Crippen molar-refractivity contribution in [2.75, 3.05) is 5.32 Å². The van der Waals surface area contributed by atoms with Crippen molar-refractivity contribution in [2.24, 2.45) is 0 Å². The van der Waals surface area contributed by atoms with Gasteiger partial charge in [-0.3, -0.25) is 0 Å². The molecule has 0 aliphatic heterocycles. The second-order valence-corrected chi connectivity index (χ2v) is 4.58. The Labute approximate surface area is 107 Å². The summed E-state index contributed by atoms with van der Waals surface area (Å²) in [7, 11) is 0. The highest BCUT2D eigenvalue weighted by Crippen LogP contribution is 2.21. The third-order valence-electron chi connectivity index (χ3n) is 2.63. The molecule has 1 aromatic carbocycles. The Morgan fingerprint density at radius 3 is 2.76 bits per heavy atom. The third-order valence-corrected chi connectivity index (χ3v) is 2.86. The Morgan fingerprint density at radius 1 is 1.24 bits per heavy atom. The predicted octanol–water partition coefficient (Wildman–Crippen LogP) is 4.22. The van der Waals surface area contributed by atoms with Gasteiger partial charge in [0.05, 0.1) is 0 Å². The van der Waals surface area contributed by atoms with Crippen LogP contribution in [0.4, 0.5) is 5.82 Å². The van der Waals surface area contributed by atoms with Crippen molar-refractivity contribution in [1.29, 1.82) is 0 Å². The summed E-state index contributed by atoms with van der Waals surface area (Å²) < 4.78 is 0. The Balaban J connectivity index is 2.14. The summed E-state index contributed by atoms with van der Waals surface area (Å²) in [4.78, 5) is 4.28. The molecule has 0 amide bonds. The Bertz CT molecular complexity index is 511. The molecule has 1 atom stereocenters. The van der Waals surface area contributed by atoms with Gasteiger partial charge in [-0.1, -0.05) is 23.7 Å². The van der Waals surface area contributed by atoms with Crippen LogP contribution in [0, 0.1) is 6.92 Å². The fourth-order valence-electron chi connectivity index (χ4n) is 1.70. The monoisotopic (exact) mass is 246 g/mol. The number of nitrogens with one attached hydrogen (secondary N) is 1. The van der Waals surface area contributed by atoms with Gasteiger partial charge in [-0.15, -0.1) is 0 Å². The van der Waals surface area contributed by atoms with E-state index in [1.54, 1.807) is 0 Å². The van der Waals surface area contributed by atoms with Crippen LogP contribution >= 0.6 is 11.6 Å². The lowest BCUT2D eigenvalue weighted by molar-refractivity contribution is 0.874. The maximum Gasteiger partial charge on any atom is 0.126 e. The molecule has 0 fully saturated rings. The highest BCUT2D eigenvalue weighted by Gasteiger charge is 2.06. The largest absolute Gasteiger partial charge is 0.364 e. The zero-order chi connectivity index (χ0) is 12.3. The first-order valence-corrected chi connectivity index (χ1v) is 5.97. The van der Waals surface area contributed by atoms with Crippen LogP contribution in [0.5, 0.6) is 0 Å². The van der Waals surface area contributed by atoms with Gasteiger partial charge in [-0.05, 0) is 49.2 Å². The average Bonchev–Trinajstić information content (AvgIpc) is 2.29. The zero-order valence-corrected chi connectivity index (χ0v) is 10.7. The highest BCUT2D eigenvalue weighted by atomic mass is 35.5. The quantitative estimate of drug-likeness (QED) is 0.877. The minimum absolute atomic E-state index is 0.183. The lowest BCUT2D eigenvalue weighted by Gasteiger charge is -2.15. The molecule has 0 radical (unpaired) electrons. The number of hydrogen-bond acceptors (Lipinski definition) is 2. The molecule has 1 N–H and O–H groups in total. The van der Waals surface area contributed by atoms with Crippen molar-refractivity contribution in [3.8, 4) is 0 Å². The van der Waals surface area contributed by atoms with E-state index in [-0.39, 0.29) is 6.04 Å². The lowest BCUT2D eigenvalue weighted by atomic mass is 10.1. The summed E-state index contributed by atoms with van der Waals surface area (Å²) in [5.41, 5.74) is 2.35. The van der Waals surface area contributed by atoms with Gasteiger partial charge in [-0.25, -0.2) is 4.98 Å². The molecule has 0 aliphatic carbocycles. The number of anilines is 1. The molecule has 0 aliphatic rings. The van der Waals surface area contributed by atoms with Crippen LogP contribution in [0.3, 0.4) is 0 Å². The van der Waals surface area contributed by atoms with Gasteiger partial charge in [0.25, 0.3) is 0 Å². The van der Waals surface area contributed by atoms with E-state index < -0.39 is 0 Å². The number of hydrogen-bond donors (Lipinski definition) is 1. The highest BCUT2D eigenvalue weighted by molar-refractivity contribution is 6.30. The summed E-state index contributed by atoms with van der Waals surface area (Å²) in [5.74, 6) is 0.887. The minimum atomic E-state index is 0.183. The Hall–Kier alpha value is -1.54. The van der Waals surface area contributed by atoms with Crippen LogP contribution in [0.15, 0.2) is 42.6 Å². The van der Waals surface area contributed by atoms with E-state index in [0.717, 1.165) is 16.4 Å². The van der Waals surface area contributed by atoms with E-state index in [2.05, 4.69) is 30.2 Å². The normalized spacial score (nSPS) is 12.2. The van der Waals surface area contributed by atoms with Crippen LogP contribution in [-0.4, -0.2) is 4.98 Å². The first-order chi connectivity index (χ1) is 8.15. The standard InChI is InChI=1S/C14H15ClN2/c1-10-6-7-16-14(8-10)17-11(2)12-4-3-5-13(15)9-12/h3-9,11H,1-2H3,(H,16,17). The van der Waals surface area contributed by atoms with Crippen LogP contribution in [0.2, 0.25) is 5.02 Å². The van der Waals surface area contributed by atoms with Gasteiger partial charge in [0, 0.05) is 17.3 Å². The molecular weight excluding hydrogens is 232 g/mol. The van der Waals surface area contributed by atoms with Crippen molar-refractivity contribution in [3.63, 3.8) is 0 Å². The second kappa shape index (κ2) is 5.19. The topological polar surface area (TPSA) is 24.9 Å². The molecule has 1 unspecified atom stereocenters. The van der Waals surface area contributed by atoms with Crippen molar-refractivity contribution in [1.82, 2.24) is 4.98 Å². The number of nitrogens with zero attached hydrogens (tertiary/aromatic N) is 1. The number of aromatic nitrogens is 1. The molecule has 17 heavy (non-hydrogen) atoms. The Kier molecular flexibility index (Phi) is 3.64. The molecule has 3 heteroatoms. The van der Waals surface area contributed by atoms with Crippen molar-refractivity contribution in [2.45, 2.75) is 19.9 Å². The molecular formula is C14H15ClN2. The van der Waals surface area contributed by atoms with Crippen molar-refractivity contribution >= 4 is 17.4 Å². The predicted molar refractivity (Wildman–Crippen MR) is 72.5 cm³/mol. The fourth-order valence-corrected chi connectivity index (χ4v) is 1.89. The van der Waals surface area contributed by atoms with E-state index in [4.69, 9.17) is 11.6 Å². The molecule has 1 heterocycles. The van der Waals surface area contributed by atoms with E-state index in [9.17, 15) is 0 Å². The lowest BCUT2D eigenvalue weighted by Crippen LogP contribution is -2.07. The molecule has 0 saturated carbocycles. The summed E-state index contributed by atoms with van der Waals surface area (Å²) in [6, 6.07) is 12.1. The first-order valence-electron chi connectivity index (χ1n) is 5.60. The van der Waals surface area contributed by atoms with Gasteiger partial charge in [0.2, 0.25) is 0 Å². The molecule has 2 rings (SSSR count). The summed E-state index contributed by atoms with van der Waals surface area (Å²) in [6.07, 6.45) is 1.81. The zero-order valence-electron chi connectivity index (χ0n) is 9.94.